The third-order valence-corrected chi connectivity index (χ3v) is 8.52. The molecule has 53 heavy (non-hydrogen) atoms. The molecule has 6 atom stereocenters. The first kappa shape index (κ1) is 41.8. The Bertz CT molecular complexity index is 1640. The number of hydrogen-bond donors (Lipinski definition) is 8. The van der Waals surface area contributed by atoms with Gasteiger partial charge in [0.05, 0.1) is 6.04 Å². The molecule has 0 aliphatic carbocycles. The fraction of sp³-hybridized carbons (Fsp3) is 0.385. The molecule has 0 spiro atoms. The van der Waals surface area contributed by atoms with Gasteiger partial charge in [-0.1, -0.05) is 91.0 Å². The van der Waals surface area contributed by atoms with E-state index in [1.807, 2.05) is 30.3 Å². The molecule has 0 saturated heterocycles. The van der Waals surface area contributed by atoms with Crippen LogP contribution in [0.1, 0.15) is 49.8 Å². The summed E-state index contributed by atoms with van der Waals surface area (Å²) in [6.07, 6.45) is 1.77. The van der Waals surface area contributed by atoms with Crippen LogP contribution in [0.5, 0.6) is 0 Å². The molecule has 0 aliphatic heterocycles. The predicted molar refractivity (Wildman–Crippen MR) is 202 cm³/mol. The van der Waals surface area contributed by atoms with Gasteiger partial charge in [0.25, 0.3) is 0 Å². The van der Waals surface area contributed by atoms with E-state index >= 15 is 0 Å². The lowest BCUT2D eigenvalue weighted by Gasteiger charge is -2.26. The summed E-state index contributed by atoms with van der Waals surface area (Å²) in [5.41, 5.74) is 19.2. The van der Waals surface area contributed by atoms with Crippen LogP contribution in [0.15, 0.2) is 91.0 Å². The first-order chi connectivity index (χ1) is 25.4. The smallest absolute Gasteiger partial charge is 0.243 e. The average molecular weight is 729 g/mol. The third-order valence-electron chi connectivity index (χ3n) is 8.52. The molecule has 0 bridgehead atoms. The molecule has 0 radical (unpaired) electrons. The maximum Gasteiger partial charge on any atom is 0.243 e. The van der Waals surface area contributed by atoms with E-state index in [0.29, 0.717) is 19.4 Å². The van der Waals surface area contributed by atoms with Gasteiger partial charge < -0.3 is 43.8 Å². The number of rotatable bonds is 21. The number of hydrogen-bond acceptors (Lipinski definition) is 8. The highest BCUT2D eigenvalue weighted by Gasteiger charge is 2.31. The molecule has 3 aromatic carbocycles. The lowest BCUT2D eigenvalue weighted by molar-refractivity contribution is -0.134. The third kappa shape index (κ3) is 14.5. The van der Waals surface area contributed by atoms with Crippen molar-refractivity contribution >= 4 is 35.4 Å². The van der Waals surface area contributed by atoms with Crippen LogP contribution >= 0.6 is 0 Å². The lowest BCUT2D eigenvalue weighted by Crippen LogP contribution is -2.59. The Morgan fingerprint density at radius 3 is 1.25 bits per heavy atom. The van der Waals surface area contributed by atoms with Gasteiger partial charge in [-0.3, -0.25) is 28.8 Å². The second-order valence-electron chi connectivity index (χ2n) is 13.0. The second-order valence-corrected chi connectivity index (χ2v) is 13.0. The Labute approximate surface area is 310 Å². The van der Waals surface area contributed by atoms with Gasteiger partial charge in [-0.15, -0.1) is 0 Å². The molecule has 0 aromatic heterocycles. The minimum Gasteiger partial charge on any atom is -0.368 e. The summed E-state index contributed by atoms with van der Waals surface area (Å²) in [6, 6.07) is 20.7. The first-order valence-electron chi connectivity index (χ1n) is 17.8. The maximum absolute atomic E-state index is 14.0. The van der Waals surface area contributed by atoms with E-state index in [1.54, 1.807) is 60.7 Å². The number of amides is 6. The number of carbonyl (C=O) groups is 6. The van der Waals surface area contributed by atoms with Crippen molar-refractivity contribution < 1.29 is 28.8 Å². The summed E-state index contributed by atoms with van der Waals surface area (Å²) in [4.78, 5) is 79.4. The average Bonchev–Trinajstić information content (AvgIpc) is 3.14. The van der Waals surface area contributed by atoms with Gasteiger partial charge in [0.2, 0.25) is 35.4 Å². The standard InChI is InChI=1S/C39H52N8O6/c1-25(41)35(49)45-31(22-27-14-6-3-7-15-27)37(51)43-26(2)36(50)46-32(23-28-16-8-4-9-17-28)39(53)47-33(24-29-18-10-5-11-19-29)38(52)44-30(34(42)48)20-12-13-21-40/h3-11,14-19,25-26,30-33H,12-13,20-24,40-41H2,1-2H3,(H2,42,48)(H,43,51)(H,44,52)(H,45,49)(H,46,50)(H,47,53)/t25-,26+,30+,31-,32+,33-/m1/s1. The zero-order chi connectivity index (χ0) is 38.8. The summed E-state index contributed by atoms with van der Waals surface area (Å²) in [5.74, 6) is -3.84. The highest BCUT2D eigenvalue weighted by atomic mass is 16.2. The Morgan fingerprint density at radius 2 is 0.868 bits per heavy atom. The minimum atomic E-state index is -1.18. The second kappa shape index (κ2) is 21.7. The zero-order valence-electron chi connectivity index (χ0n) is 30.3. The quantitative estimate of drug-likeness (QED) is 0.0699. The van der Waals surface area contributed by atoms with Crippen LogP contribution in [0.4, 0.5) is 0 Å². The summed E-state index contributed by atoms with van der Waals surface area (Å²) in [7, 11) is 0. The molecule has 0 saturated carbocycles. The summed E-state index contributed by atoms with van der Waals surface area (Å²) in [5, 5.41) is 13.5. The highest BCUT2D eigenvalue weighted by molar-refractivity contribution is 5.96. The molecule has 11 N–H and O–H groups in total. The van der Waals surface area contributed by atoms with Crippen molar-refractivity contribution in [2.75, 3.05) is 6.54 Å². The fourth-order valence-corrected chi connectivity index (χ4v) is 5.48. The topological polar surface area (TPSA) is 241 Å². The van der Waals surface area contributed by atoms with Crippen molar-refractivity contribution in [3.8, 4) is 0 Å². The summed E-state index contributed by atoms with van der Waals surface area (Å²) < 4.78 is 0. The Morgan fingerprint density at radius 1 is 0.509 bits per heavy atom. The molecule has 0 fully saturated rings. The van der Waals surface area contributed by atoms with Gasteiger partial charge in [-0.2, -0.15) is 0 Å². The number of benzene rings is 3. The molecule has 284 valence electrons. The molecule has 14 nitrogen and oxygen atoms in total. The summed E-state index contributed by atoms with van der Waals surface area (Å²) >= 11 is 0. The van der Waals surface area contributed by atoms with Gasteiger partial charge in [-0.05, 0) is 56.3 Å². The van der Waals surface area contributed by atoms with E-state index < -0.39 is 71.7 Å². The fourth-order valence-electron chi connectivity index (χ4n) is 5.48. The molecule has 6 amide bonds. The van der Waals surface area contributed by atoms with Crippen LogP contribution in [0, 0.1) is 0 Å². The first-order valence-corrected chi connectivity index (χ1v) is 17.8. The SMILES string of the molecule is C[C@H](NC(=O)[C@@H](Cc1ccccc1)NC(=O)[C@@H](C)N)C(=O)N[C@@H](Cc1ccccc1)C(=O)N[C@H](Cc1ccccc1)C(=O)N[C@@H](CCCCN)C(N)=O. The van der Waals surface area contributed by atoms with Crippen molar-refractivity contribution in [1.29, 1.82) is 0 Å². The van der Waals surface area contributed by atoms with E-state index in [2.05, 4.69) is 26.6 Å². The van der Waals surface area contributed by atoms with Crippen LogP contribution in [-0.4, -0.2) is 78.2 Å². The monoisotopic (exact) mass is 728 g/mol. The van der Waals surface area contributed by atoms with E-state index in [1.165, 1.54) is 13.8 Å². The number of unbranched alkanes of at least 4 members (excludes halogenated alkanes) is 1. The lowest BCUT2D eigenvalue weighted by atomic mass is 10.0. The van der Waals surface area contributed by atoms with Gasteiger partial charge in [-0.25, -0.2) is 0 Å². The highest BCUT2D eigenvalue weighted by Crippen LogP contribution is 2.10. The molecule has 0 aliphatic rings. The van der Waals surface area contributed by atoms with E-state index in [-0.39, 0.29) is 25.7 Å². The van der Waals surface area contributed by atoms with Gasteiger partial charge in [0.15, 0.2) is 0 Å². The number of nitrogens with one attached hydrogen (secondary N) is 5. The van der Waals surface area contributed by atoms with E-state index in [9.17, 15) is 28.8 Å². The molecule has 3 rings (SSSR count). The van der Waals surface area contributed by atoms with Crippen LogP contribution in [0.25, 0.3) is 0 Å². The van der Waals surface area contributed by atoms with E-state index in [4.69, 9.17) is 17.2 Å². The molecule has 3 aromatic rings. The Balaban J connectivity index is 1.81. The Hall–Kier alpha value is -5.60. The van der Waals surface area contributed by atoms with Crippen LogP contribution in [-0.2, 0) is 48.0 Å². The van der Waals surface area contributed by atoms with Crippen LogP contribution < -0.4 is 43.8 Å². The van der Waals surface area contributed by atoms with Crippen molar-refractivity contribution in [2.24, 2.45) is 17.2 Å². The van der Waals surface area contributed by atoms with Gasteiger partial charge in [0.1, 0.15) is 30.2 Å². The number of nitrogens with two attached hydrogens (primary N) is 3. The van der Waals surface area contributed by atoms with Crippen molar-refractivity contribution in [1.82, 2.24) is 26.6 Å². The Kier molecular flexibility index (Phi) is 17.1. The molecule has 0 heterocycles. The molecule has 0 unspecified atom stereocenters. The number of primary amides is 1. The normalized spacial score (nSPS) is 14.3. The largest absolute Gasteiger partial charge is 0.368 e. The predicted octanol–water partition coefficient (Wildman–Crippen LogP) is 0.120. The zero-order valence-corrected chi connectivity index (χ0v) is 30.3. The van der Waals surface area contributed by atoms with Crippen molar-refractivity contribution in [2.45, 2.75) is 88.6 Å². The molecule has 14 heteroatoms. The molecular formula is C39H52N8O6. The van der Waals surface area contributed by atoms with E-state index in [0.717, 1.165) is 16.7 Å². The van der Waals surface area contributed by atoms with Gasteiger partial charge >= 0.3 is 0 Å². The van der Waals surface area contributed by atoms with Crippen LogP contribution in [0.2, 0.25) is 0 Å². The van der Waals surface area contributed by atoms with Crippen molar-refractivity contribution in [3.05, 3.63) is 108 Å². The van der Waals surface area contributed by atoms with Crippen molar-refractivity contribution in [3.63, 3.8) is 0 Å². The number of carbonyl (C=O) groups excluding carboxylic acids is 6. The minimum absolute atomic E-state index is 0.0584. The summed E-state index contributed by atoms with van der Waals surface area (Å²) in [6.45, 7) is 3.37. The van der Waals surface area contributed by atoms with Crippen LogP contribution in [0.3, 0.4) is 0 Å². The molecular weight excluding hydrogens is 676 g/mol. The van der Waals surface area contributed by atoms with Gasteiger partial charge in [0, 0.05) is 19.3 Å². The maximum atomic E-state index is 14.0.